The van der Waals surface area contributed by atoms with Gasteiger partial charge in [-0.05, 0) is 63.1 Å². The number of nitrogens with zero attached hydrogens (tertiary/aromatic N) is 4. The molecule has 222 valence electrons. The van der Waals surface area contributed by atoms with Crippen molar-refractivity contribution in [2.75, 3.05) is 33.9 Å². The average molecular weight is 574 g/mol. The van der Waals surface area contributed by atoms with Crippen molar-refractivity contribution in [3.63, 3.8) is 0 Å². The first-order valence-corrected chi connectivity index (χ1v) is 14.1. The third-order valence-corrected chi connectivity index (χ3v) is 7.62. The number of aromatic amines is 1. The van der Waals surface area contributed by atoms with E-state index in [1.807, 2.05) is 70.3 Å². The van der Waals surface area contributed by atoms with Gasteiger partial charge in [0.05, 0.1) is 31.8 Å². The molecule has 0 spiro atoms. The van der Waals surface area contributed by atoms with Crippen molar-refractivity contribution in [2.24, 2.45) is 0 Å². The lowest BCUT2D eigenvalue weighted by Gasteiger charge is -2.42. The van der Waals surface area contributed by atoms with Gasteiger partial charge in [-0.1, -0.05) is 12.1 Å². The summed E-state index contributed by atoms with van der Waals surface area (Å²) in [4.78, 5) is 37.6. The Hall–Kier alpha value is -4.15. The van der Waals surface area contributed by atoms with Gasteiger partial charge in [-0.15, -0.1) is 0 Å². The number of benzene rings is 2. The third kappa shape index (κ3) is 6.19. The van der Waals surface area contributed by atoms with Crippen LogP contribution in [0.25, 0.3) is 10.9 Å². The molecule has 0 saturated carbocycles. The van der Waals surface area contributed by atoms with Gasteiger partial charge in [0.15, 0.2) is 0 Å². The molecule has 1 unspecified atom stereocenters. The fourth-order valence-electron chi connectivity index (χ4n) is 5.66. The number of nitrogens with one attached hydrogen (secondary N) is 1. The van der Waals surface area contributed by atoms with Gasteiger partial charge in [-0.25, -0.2) is 14.6 Å². The molecule has 5 rings (SSSR count). The summed E-state index contributed by atoms with van der Waals surface area (Å²) >= 11 is 0. The minimum atomic E-state index is -0.608. The molecule has 1 atom stereocenters. The predicted molar refractivity (Wildman–Crippen MR) is 160 cm³/mol. The van der Waals surface area contributed by atoms with E-state index in [0.717, 1.165) is 58.8 Å². The van der Waals surface area contributed by atoms with Gasteiger partial charge in [0.1, 0.15) is 17.2 Å². The fraction of sp³-hybridized carbons (Fsp3) is 0.406. The lowest BCUT2D eigenvalue weighted by atomic mass is 9.98. The third-order valence-electron chi connectivity index (χ3n) is 7.62. The Balaban J connectivity index is 1.50. The van der Waals surface area contributed by atoms with Crippen LogP contribution < -0.4 is 4.74 Å². The number of imidazole rings is 1. The van der Waals surface area contributed by atoms with Crippen molar-refractivity contribution < 1.29 is 23.8 Å². The van der Waals surface area contributed by atoms with Gasteiger partial charge in [0.25, 0.3) is 0 Å². The molecule has 2 aromatic heterocycles. The molecular formula is C32H39N5O5. The van der Waals surface area contributed by atoms with Gasteiger partial charge in [0, 0.05) is 61.8 Å². The van der Waals surface area contributed by atoms with Gasteiger partial charge in [-0.3, -0.25) is 14.4 Å². The van der Waals surface area contributed by atoms with Crippen LogP contribution in [0, 0.1) is 6.92 Å². The van der Waals surface area contributed by atoms with Gasteiger partial charge < -0.3 is 19.2 Å². The molecule has 1 aliphatic rings. The number of aromatic nitrogens is 3. The van der Waals surface area contributed by atoms with E-state index in [1.54, 1.807) is 24.1 Å². The number of aryl methyl sites for hydroxylation is 1. The van der Waals surface area contributed by atoms with E-state index in [-0.39, 0.29) is 12.0 Å². The standard InChI is InChI=1S/C32H39N5O5/c1-21-17-27(40-5)25(24-11-14-37(29(21)24)31(39)42-32(2,3)4)18-36-16-15-35(20-28-33-12-13-34-28)19-26(36)22-7-9-23(10-8-22)30(38)41-6/h7-14,17,26H,15-16,18-20H2,1-6H3,(H,33,34). The van der Waals surface area contributed by atoms with Crippen LogP contribution in [0.5, 0.6) is 5.75 Å². The van der Waals surface area contributed by atoms with Crippen molar-refractivity contribution in [1.29, 1.82) is 0 Å². The first-order chi connectivity index (χ1) is 20.1. The number of carbonyl (C=O) groups excluding carboxylic acids is 2. The van der Waals surface area contributed by atoms with Crippen LogP contribution in [0.1, 0.15) is 59.7 Å². The Kier molecular flexibility index (Phi) is 8.38. The zero-order valence-corrected chi connectivity index (χ0v) is 25.1. The van der Waals surface area contributed by atoms with Crippen LogP contribution in [0.2, 0.25) is 0 Å². The monoisotopic (exact) mass is 573 g/mol. The Labute approximate surface area is 246 Å². The highest BCUT2D eigenvalue weighted by Crippen LogP contribution is 2.36. The van der Waals surface area contributed by atoms with Crippen LogP contribution in [0.4, 0.5) is 4.79 Å². The summed E-state index contributed by atoms with van der Waals surface area (Å²) < 4.78 is 18.1. The highest BCUT2D eigenvalue weighted by Gasteiger charge is 2.31. The van der Waals surface area contributed by atoms with E-state index in [9.17, 15) is 9.59 Å². The Bertz CT molecular complexity index is 1550. The molecule has 1 aliphatic heterocycles. The molecule has 1 saturated heterocycles. The average Bonchev–Trinajstić information content (AvgIpc) is 3.64. The Morgan fingerprint density at radius 3 is 2.48 bits per heavy atom. The molecule has 2 aromatic carbocycles. The number of H-pyrrole nitrogens is 1. The minimum Gasteiger partial charge on any atom is -0.496 e. The number of piperazine rings is 1. The van der Waals surface area contributed by atoms with Gasteiger partial charge in [0.2, 0.25) is 0 Å². The first kappa shape index (κ1) is 29.3. The minimum absolute atomic E-state index is 0.0365. The zero-order valence-electron chi connectivity index (χ0n) is 25.1. The number of hydrogen-bond acceptors (Lipinski definition) is 8. The molecule has 0 radical (unpaired) electrons. The van der Waals surface area contributed by atoms with Crippen LogP contribution in [0.15, 0.2) is 55.0 Å². The molecule has 10 heteroatoms. The molecule has 3 heterocycles. The number of hydrogen-bond donors (Lipinski definition) is 1. The second kappa shape index (κ2) is 12.0. The molecule has 1 N–H and O–H groups in total. The van der Waals surface area contributed by atoms with Gasteiger partial charge >= 0.3 is 12.1 Å². The van der Waals surface area contributed by atoms with Crippen LogP contribution in [-0.4, -0.2) is 75.9 Å². The maximum atomic E-state index is 13.1. The predicted octanol–water partition coefficient (Wildman–Crippen LogP) is 5.31. The van der Waals surface area contributed by atoms with Crippen molar-refractivity contribution in [1.82, 2.24) is 24.3 Å². The van der Waals surface area contributed by atoms with Crippen molar-refractivity contribution in [2.45, 2.75) is 52.4 Å². The smallest absolute Gasteiger partial charge is 0.419 e. The molecule has 1 fully saturated rings. The first-order valence-electron chi connectivity index (χ1n) is 14.1. The fourth-order valence-corrected chi connectivity index (χ4v) is 5.66. The lowest BCUT2D eigenvalue weighted by Crippen LogP contribution is -2.47. The number of fused-ring (bicyclic) bond motifs is 1. The number of rotatable bonds is 7. The maximum Gasteiger partial charge on any atom is 0.419 e. The van der Waals surface area contributed by atoms with Crippen LogP contribution in [0.3, 0.4) is 0 Å². The van der Waals surface area contributed by atoms with E-state index in [2.05, 4.69) is 19.8 Å². The van der Waals surface area contributed by atoms with E-state index >= 15 is 0 Å². The van der Waals surface area contributed by atoms with E-state index in [4.69, 9.17) is 14.2 Å². The summed E-state index contributed by atoms with van der Waals surface area (Å²) in [5, 5.41) is 0.954. The van der Waals surface area contributed by atoms with Crippen LogP contribution >= 0.6 is 0 Å². The van der Waals surface area contributed by atoms with Crippen molar-refractivity contribution in [3.8, 4) is 5.75 Å². The second-order valence-corrected chi connectivity index (χ2v) is 11.7. The quantitative estimate of drug-likeness (QED) is 0.297. The lowest BCUT2D eigenvalue weighted by molar-refractivity contribution is 0.0542. The molecule has 42 heavy (non-hydrogen) atoms. The second-order valence-electron chi connectivity index (χ2n) is 11.7. The van der Waals surface area contributed by atoms with Crippen LogP contribution in [-0.2, 0) is 22.6 Å². The van der Waals surface area contributed by atoms with E-state index in [1.165, 1.54) is 7.11 Å². The topological polar surface area (TPSA) is 102 Å². The number of carbonyl (C=O) groups is 2. The summed E-state index contributed by atoms with van der Waals surface area (Å²) in [6, 6.07) is 11.6. The number of methoxy groups -OCH3 is 2. The molecule has 0 aliphatic carbocycles. The number of esters is 1. The normalized spacial score (nSPS) is 16.5. The molecule has 0 bridgehead atoms. The van der Waals surface area contributed by atoms with Gasteiger partial charge in [-0.2, -0.15) is 0 Å². The molecule has 10 nitrogen and oxygen atoms in total. The van der Waals surface area contributed by atoms with Crippen molar-refractivity contribution >= 4 is 23.0 Å². The summed E-state index contributed by atoms with van der Waals surface area (Å²) in [5.41, 5.74) is 3.76. The SMILES string of the molecule is COC(=O)c1ccc(C2CN(Cc3ncc[nH]3)CCN2Cc2c(OC)cc(C)c3c2ccn3C(=O)OC(C)(C)C)cc1. The largest absolute Gasteiger partial charge is 0.496 e. The van der Waals surface area contributed by atoms with E-state index < -0.39 is 11.7 Å². The summed E-state index contributed by atoms with van der Waals surface area (Å²) in [7, 11) is 3.07. The Morgan fingerprint density at radius 2 is 1.83 bits per heavy atom. The molecule has 0 amide bonds. The molecule has 4 aromatic rings. The van der Waals surface area contributed by atoms with E-state index in [0.29, 0.717) is 18.7 Å². The molecular weight excluding hydrogens is 534 g/mol. The highest BCUT2D eigenvalue weighted by atomic mass is 16.6. The summed E-state index contributed by atoms with van der Waals surface area (Å²) in [6.45, 7) is 11.3. The summed E-state index contributed by atoms with van der Waals surface area (Å²) in [5.74, 6) is 1.34. The Morgan fingerprint density at radius 1 is 1.07 bits per heavy atom. The number of ether oxygens (including phenoxy) is 3. The zero-order chi connectivity index (χ0) is 30.0. The summed E-state index contributed by atoms with van der Waals surface area (Å²) in [6.07, 6.45) is 4.98. The highest BCUT2D eigenvalue weighted by molar-refractivity contribution is 5.95. The maximum absolute atomic E-state index is 13.1. The van der Waals surface area contributed by atoms with Crippen molar-refractivity contribution in [3.05, 3.63) is 83.1 Å².